The van der Waals surface area contributed by atoms with E-state index in [9.17, 15) is 0 Å². The van der Waals surface area contributed by atoms with E-state index in [1.54, 1.807) is 0 Å². The molecular weight excluding hydrogens is 351 g/mol. The minimum atomic E-state index is 0.498. The summed E-state index contributed by atoms with van der Waals surface area (Å²) in [4.78, 5) is 2.28. The van der Waals surface area contributed by atoms with Crippen LogP contribution in [0.2, 0.25) is 0 Å². The van der Waals surface area contributed by atoms with E-state index >= 15 is 0 Å². The van der Waals surface area contributed by atoms with Crippen LogP contribution in [0.1, 0.15) is 11.1 Å². The van der Waals surface area contributed by atoms with Gasteiger partial charge in [0.25, 0.3) is 0 Å². The van der Waals surface area contributed by atoms with Crippen molar-refractivity contribution in [1.82, 2.24) is 0 Å². The molecule has 0 nitrogen and oxygen atoms in total. The molecule has 3 rings (SSSR count). The van der Waals surface area contributed by atoms with Crippen molar-refractivity contribution in [1.29, 1.82) is 0 Å². The minimum absolute atomic E-state index is 0.498. The summed E-state index contributed by atoms with van der Waals surface area (Å²) in [5.74, 6) is 0. The van der Waals surface area contributed by atoms with E-state index in [4.69, 9.17) is 0 Å². The van der Waals surface area contributed by atoms with Crippen molar-refractivity contribution >= 4 is 41.2 Å². The summed E-state index contributed by atoms with van der Waals surface area (Å²) in [5, 5.41) is 2.72. The third-order valence-electron chi connectivity index (χ3n) is 3.43. The summed E-state index contributed by atoms with van der Waals surface area (Å²) in [7, 11) is 0. The molecule has 0 N–H and O–H groups in total. The average Bonchev–Trinajstić information content (AvgIpc) is 2.87. The first-order chi connectivity index (χ1) is 8.68. The fourth-order valence-corrected chi connectivity index (χ4v) is 4.50. The molecule has 0 aliphatic rings. The van der Waals surface area contributed by atoms with E-state index in [-0.39, 0.29) is 0 Å². The van der Waals surface area contributed by atoms with Crippen LogP contribution in [0.4, 0.5) is 0 Å². The Hall–Kier alpha value is -0.821. The third kappa shape index (κ3) is 1.89. The number of hydrogen-bond acceptors (Lipinski definition) is 0. The van der Waals surface area contributed by atoms with Crippen LogP contribution in [-0.2, 0) is 0 Å². The van der Waals surface area contributed by atoms with Crippen molar-refractivity contribution < 1.29 is 0 Å². The second-order valence-electron chi connectivity index (χ2n) is 4.49. The number of halogens is 1. The predicted molar refractivity (Wildman–Crippen MR) is 83.5 cm³/mol. The average molecular weight is 364 g/mol. The van der Waals surface area contributed by atoms with Crippen molar-refractivity contribution in [3.63, 3.8) is 0 Å². The Balaban J connectivity index is 2.38. The molecule has 0 saturated carbocycles. The summed E-state index contributed by atoms with van der Waals surface area (Å²) in [6, 6.07) is 13.3. The van der Waals surface area contributed by atoms with Crippen molar-refractivity contribution in [3.05, 3.63) is 56.9 Å². The monoisotopic (exact) mass is 364 g/mol. The molecule has 2 heteroatoms. The van der Waals surface area contributed by atoms with E-state index in [0.717, 1.165) is 0 Å². The molecule has 0 aliphatic carbocycles. The Morgan fingerprint density at radius 2 is 1.72 bits per heavy atom. The topological polar surface area (TPSA) is 0 Å². The SMILES string of the molecule is Cc1c(Br)ccc2ccc(-c3ccc[se]3)c(C)c12. The van der Waals surface area contributed by atoms with Crippen LogP contribution in [-0.4, -0.2) is 14.5 Å². The van der Waals surface area contributed by atoms with Gasteiger partial charge in [-0.2, -0.15) is 0 Å². The summed E-state index contributed by atoms with van der Waals surface area (Å²) >= 11 is 4.13. The number of aryl methyl sites for hydroxylation is 2. The molecule has 0 amide bonds. The van der Waals surface area contributed by atoms with Gasteiger partial charge in [0.15, 0.2) is 0 Å². The molecule has 1 heterocycles. The van der Waals surface area contributed by atoms with E-state index in [1.165, 1.54) is 36.4 Å². The van der Waals surface area contributed by atoms with Gasteiger partial charge in [-0.1, -0.05) is 0 Å². The molecule has 0 spiro atoms. The van der Waals surface area contributed by atoms with Crippen LogP contribution in [0.3, 0.4) is 0 Å². The number of hydrogen-bond donors (Lipinski definition) is 0. The first kappa shape index (κ1) is 12.2. The summed E-state index contributed by atoms with van der Waals surface area (Å²) in [6.07, 6.45) is 0. The summed E-state index contributed by atoms with van der Waals surface area (Å²) in [6.45, 7) is 4.43. The van der Waals surface area contributed by atoms with Gasteiger partial charge in [0, 0.05) is 0 Å². The zero-order valence-corrected chi connectivity index (χ0v) is 13.6. The second-order valence-corrected chi connectivity index (χ2v) is 7.33. The molecule has 0 fully saturated rings. The summed E-state index contributed by atoms with van der Waals surface area (Å²) < 4.78 is 2.68. The Bertz CT molecular complexity index is 712. The van der Waals surface area contributed by atoms with Crippen LogP contribution in [0.25, 0.3) is 20.8 Å². The Kier molecular flexibility index (Phi) is 3.19. The fourth-order valence-electron chi connectivity index (χ4n) is 2.48. The van der Waals surface area contributed by atoms with Crippen LogP contribution in [0.5, 0.6) is 0 Å². The van der Waals surface area contributed by atoms with E-state index in [1.807, 2.05) is 0 Å². The van der Waals surface area contributed by atoms with Gasteiger partial charge in [-0.3, -0.25) is 0 Å². The molecule has 0 atom stereocenters. The molecule has 0 unspecified atom stereocenters. The molecule has 3 aromatic rings. The molecule has 0 aliphatic heterocycles. The zero-order chi connectivity index (χ0) is 12.7. The molecule has 0 bridgehead atoms. The molecular formula is C16H13BrSe. The van der Waals surface area contributed by atoms with Crippen LogP contribution in [0.15, 0.2) is 45.8 Å². The van der Waals surface area contributed by atoms with Gasteiger partial charge in [0.1, 0.15) is 0 Å². The maximum absolute atomic E-state index is 3.64. The zero-order valence-electron chi connectivity index (χ0n) is 10.3. The van der Waals surface area contributed by atoms with Gasteiger partial charge in [-0.15, -0.1) is 0 Å². The van der Waals surface area contributed by atoms with E-state index in [2.05, 4.69) is 71.1 Å². The third-order valence-corrected chi connectivity index (χ3v) is 6.18. The number of fused-ring (bicyclic) bond motifs is 1. The van der Waals surface area contributed by atoms with Gasteiger partial charge in [-0.05, 0) is 0 Å². The first-order valence-corrected chi connectivity index (χ1v) is 8.54. The molecule has 90 valence electrons. The summed E-state index contributed by atoms with van der Waals surface area (Å²) in [5.41, 5.74) is 4.16. The first-order valence-electron chi connectivity index (χ1n) is 5.91. The fraction of sp³-hybridized carbons (Fsp3) is 0.125. The van der Waals surface area contributed by atoms with Gasteiger partial charge in [0.05, 0.1) is 0 Å². The van der Waals surface area contributed by atoms with Gasteiger partial charge < -0.3 is 0 Å². The predicted octanol–water partition coefficient (Wildman–Crippen LogP) is 4.94. The van der Waals surface area contributed by atoms with Crippen molar-refractivity contribution in [2.45, 2.75) is 13.8 Å². The standard InChI is InChI=1S/C16H13BrSe/c1-10-13(15-4-3-9-18-15)7-5-12-6-8-14(17)11(2)16(10)12/h3-9H,1-2H3. The number of benzene rings is 2. The Morgan fingerprint density at radius 3 is 2.44 bits per heavy atom. The molecule has 2 aromatic carbocycles. The molecule has 18 heavy (non-hydrogen) atoms. The maximum atomic E-state index is 3.64. The van der Waals surface area contributed by atoms with E-state index < -0.39 is 0 Å². The molecule has 0 radical (unpaired) electrons. The normalized spacial score (nSPS) is 11.1. The van der Waals surface area contributed by atoms with Crippen LogP contribution in [0, 0.1) is 13.8 Å². The van der Waals surface area contributed by atoms with Gasteiger partial charge in [-0.25, -0.2) is 0 Å². The Labute approximate surface area is 122 Å². The van der Waals surface area contributed by atoms with E-state index in [0.29, 0.717) is 14.5 Å². The molecule has 0 saturated heterocycles. The number of rotatable bonds is 1. The van der Waals surface area contributed by atoms with Gasteiger partial charge in [0.2, 0.25) is 0 Å². The van der Waals surface area contributed by atoms with Crippen LogP contribution < -0.4 is 0 Å². The van der Waals surface area contributed by atoms with Gasteiger partial charge >= 0.3 is 122 Å². The van der Waals surface area contributed by atoms with Crippen molar-refractivity contribution in [2.75, 3.05) is 0 Å². The van der Waals surface area contributed by atoms with Crippen molar-refractivity contribution in [2.24, 2.45) is 0 Å². The van der Waals surface area contributed by atoms with Crippen LogP contribution >= 0.6 is 15.9 Å². The Morgan fingerprint density at radius 1 is 0.944 bits per heavy atom. The quantitative estimate of drug-likeness (QED) is 0.537. The second kappa shape index (κ2) is 4.69. The molecule has 1 aromatic heterocycles. The van der Waals surface area contributed by atoms with Crippen molar-refractivity contribution in [3.8, 4) is 10.0 Å².